The quantitative estimate of drug-likeness (QED) is 0.658. The van der Waals surface area contributed by atoms with Crippen molar-refractivity contribution < 1.29 is 4.79 Å². The minimum atomic E-state index is 0.0613. The minimum absolute atomic E-state index is 0.0613. The molecule has 0 N–H and O–H groups in total. The second-order valence-electron chi connectivity index (χ2n) is 2.57. The lowest BCUT2D eigenvalue weighted by atomic mass is 10.3. The topological polar surface area (TPSA) is 34.9 Å². The Kier molecular flexibility index (Phi) is 3.70. The van der Waals surface area contributed by atoms with E-state index in [0.717, 1.165) is 6.42 Å². The first-order chi connectivity index (χ1) is 6.34. The lowest BCUT2D eigenvalue weighted by Gasteiger charge is -1.96. The molecule has 0 aliphatic rings. The molecule has 0 aromatic carbocycles. The molecular formula is C10H12N2O. The number of aromatic nitrogens is 2. The van der Waals surface area contributed by atoms with E-state index in [1.54, 1.807) is 18.5 Å². The molecule has 0 unspecified atom stereocenters. The number of imidazole rings is 1. The van der Waals surface area contributed by atoms with Gasteiger partial charge in [-0.25, -0.2) is 4.98 Å². The lowest BCUT2D eigenvalue weighted by molar-refractivity contribution is 0.0904. The number of carbonyl (C=O) groups is 1. The van der Waals surface area contributed by atoms with Gasteiger partial charge in [0.1, 0.15) is 6.33 Å². The van der Waals surface area contributed by atoms with Gasteiger partial charge in [-0.15, -0.1) is 0 Å². The molecule has 0 radical (unpaired) electrons. The van der Waals surface area contributed by atoms with Crippen LogP contribution in [0.25, 0.3) is 0 Å². The smallest absolute Gasteiger partial charge is 0.232 e. The molecule has 3 heteroatoms. The largest absolute Gasteiger partial charge is 0.276 e. The second kappa shape index (κ2) is 5.09. The van der Waals surface area contributed by atoms with Crippen LogP contribution in [-0.4, -0.2) is 15.5 Å². The molecule has 0 amide bonds. The summed E-state index contributed by atoms with van der Waals surface area (Å²) in [5.74, 6) is 0.0613. The van der Waals surface area contributed by atoms with E-state index in [-0.39, 0.29) is 5.91 Å². The van der Waals surface area contributed by atoms with Crippen LogP contribution in [0.2, 0.25) is 0 Å². The van der Waals surface area contributed by atoms with Gasteiger partial charge in [-0.2, -0.15) is 0 Å². The van der Waals surface area contributed by atoms with Crippen LogP contribution in [0.4, 0.5) is 0 Å². The van der Waals surface area contributed by atoms with E-state index in [9.17, 15) is 4.79 Å². The third kappa shape index (κ3) is 3.07. The van der Waals surface area contributed by atoms with Crippen LogP contribution in [0.15, 0.2) is 43.5 Å². The standard InChI is InChI=1S/C10H12N2O/c1-2-3-4-5-6-10(13)12-8-7-11-9-12/h2-4,7-9H,1,5-6H2/b4-3+. The molecule has 1 heterocycles. The van der Waals surface area contributed by atoms with Crippen LogP contribution in [0.5, 0.6) is 0 Å². The Morgan fingerprint density at radius 1 is 1.62 bits per heavy atom. The van der Waals surface area contributed by atoms with Gasteiger partial charge in [-0.05, 0) is 6.42 Å². The van der Waals surface area contributed by atoms with Gasteiger partial charge in [0.2, 0.25) is 5.91 Å². The molecule has 0 fully saturated rings. The molecule has 0 aliphatic carbocycles. The van der Waals surface area contributed by atoms with Crippen molar-refractivity contribution in [3.63, 3.8) is 0 Å². The van der Waals surface area contributed by atoms with Crippen LogP contribution in [0, 0.1) is 0 Å². The van der Waals surface area contributed by atoms with Crippen LogP contribution in [0.1, 0.15) is 17.6 Å². The number of rotatable bonds is 4. The summed E-state index contributed by atoms with van der Waals surface area (Å²) in [7, 11) is 0. The summed E-state index contributed by atoms with van der Waals surface area (Å²) in [5, 5.41) is 0. The summed E-state index contributed by atoms with van der Waals surface area (Å²) < 4.78 is 1.49. The second-order valence-corrected chi connectivity index (χ2v) is 2.57. The number of hydrogen-bond acceptors (Lipinski definition) is 2. The fourth-order valence-corrected chi connectivity index (χ4v) is 0.935. The minimum Gasteiger partial charge on any atom is -0.276 e. The highest BCUT2D eigenvalue weighted by molar-refractivity contribution is 5.78. The van der Waals surface area contributed by atoms with Gasteiger partial charge >= 0.3 is 0 Å². The van der Waals surface area contributed by atoms with Crippen LogP contribution < -0.4 is 0 Å². The summed E-state index contributed by atoms with van der Waals surface area (Å²) in [5.41, 5.74) is 0. The van der Waals surface area contributed by atoms with Gasteiger partial charge in [0.15, 0.2) is 0 Å². The van der Waals surface area contributed by atoms with Crippen molar-refractivity contribution >= 4 is 5.91 Å². The molecule has 0 bridgehead atoms. The fraction of sp³-hybridized carbons (Fsp3) is 0.200. The van der Waals surface area contributed by atoms with Crippen molar-refractivity contribution in [2.75, 3.05) is 0 Å². The molecule has 0 aliphatic heterocycles. The molecule has 0 spiro atoms. The highest BCUT2D eigenvalue weighted by Gasteiger charge is 2.00. The summed E-state index contributed by atoms with van der Waals surface area (Å²) in [6, 6.07) is 0. The van der Waals surface area contributed by atoms with Crippen molar-refractivity contribution in [3.8, 4) is 0 Å². The zero-order valence-corrected chi connectivity index (χ0v) is 7.39. The zero-order chi connectivity index (χ0) is 9.52. The first-order valence-corrected chi connectivity index (χ1v) is 4.13. The summed E-state index contributed by atoms with van der Waals surface area (Å²) in [6.07, 6.45) is 11.4. The van der Waals surface area contributed by atoms with E-state index in [1.807, 2.05) is 12.2 Å². The highest BCUT2D eigenvalue weighted by Crippen LogP contribution is 1.96. The lowest BCUT2D eigenvalue weighted by Crippen LogP contribution is -2.06. The van der Waals surface area contributed by atoms with Gasteiger partial charge < -0.3 is 0 Å². The molecule has 1 aromatic rings. The summed E-state index contributed by atoms with van der Waals surface area (Å²) in [6.45, 7) is 3.54. The fourth-order valence-electron chi connectivity index (χ4n) is 0.935. The molecule has 1 rings (SSSR count). The van der Waals surface area contributed by atoms with Crippen molar-refractivity contribution in [2.24, 2.45) is 0 Å². The van der Waals surface area contributed by atoms with Gasteiger partial charge in [0.05, 0.1) is 0 Å². The van der Waals surface area contributed by atoms with E-state index in [1.165, 1.54) is 10.9 Å². The van der Waals surface area contributed by atoms with Crippen LogP contribution in [-0.2, 0) is 0 Å². The Morgan fingerprint density at radius 3 is 3.08 bits per heavy atom. The number of hydrogen-bond donors (Lipinski definition) is 0. The first-order valence-electron chi connectivity index (χ1n) is 4.13. The maximum atomic E-state index is 11.3. The van der Waals surface area contributed by atoms with Crippen molar-refractivity contribution in [3.05, 3.63) is 43.5 Å². The average molecular weight is 176 g/mol. The average Bonchev–Trinajstić information content (AvgIpc) is 2.65. The third-order valence-electron chi connectivity index (χ3n) is 1.59. The van der Waals surface area contributed by atoms with Gasteiger partial charge in [0, 0.05) is 18.8 Å². The molecule has 0 saturated carbocycles. The Morgan fingerprint density at radius 2 is 2.46 bits per heavy atom. The predicted molar refractivity (Wildman–Crippen MR) is 51.4 cm³/mol. The van der Waals surface area contributed by atoms with E-state index in [0.29, 0.717) is 6.42 Å². The highest BCUT2D eigenvalue weighted by atomic mass is 16.2. The molecule has 68 valence electrons. The van der Waals surface area contributed by atoms with Crippen molar-refractivity contribution in [2.45, 2.75) is 12.8 Å². The Hall–Kier alpha value is -1.64. The molecule has 0 atom stereocenters. The predicted octanol–water partition coefficient (Wildman–Crippen LogP) is 2.05. The normalized spacial score (nSPS) is 10.5. The van der Waals surface area contributed by atoms with Gasteiger partial charge in [-0.1, -0.05) is 24.8 Å². The Balaban J connectivity index is 2.34. The number of carbonyl (C=O) groups excluding carboxylic acids is 1. The monoisotopic (exact) mass is 176 g/mol. The Labute approximate surface area is 77.4 Å². The van der Waals surface area contributed by atoms with Gasteiger partial charge in [-0.3, -0.25) is 9.36 Å². The molecule has 13 heavy (non-hydrogen) atoms. The first kappa shape index (κ1) is 9.45. The van der Waals surface area contributed by atoms with Crippen LogP contribution >= 0.6 is 0 Å². The number of nitrogens with zero attached hydrogens (tertiary/aromatic N) is 2. The molecule has 0 saturated heterocycles. The molecule has 1 aromatic heterocycles. The summed E-state index contributed by atoms with van der Waals surface area (Å²) >= 11 is 0. The Bertz CT molecular complexity index is 299. The summed E-state index contributed by atoms with van der Waals surface area (Å²) in [4.78, 5) is 15.1. The zero-order valence-electron chi connectivity index (χ0n) is 7.39. The maximum Gasteiger partial charge on any atom is 0.232 e. The van der Waals surface area contributed by atoms with E-state index < -0.39 is 0 Å². The third-order valence-corrected chi connectivity index (χ3v) is 1.59. The van der Waals surface area contributed by atoms with E-state index >= 15 is 0 Å². The van der Waals surface area contributed by atoms with Crippen molar-refractivity contribution in [1.82, 2.24) is 9.55 Å². The SMILES string of the molecule is C=C/C=C/CCC(=O)n1ccnc1. The van der Waals surface area contributed by atoms with E-state index in [2.05, 4.69) is 11.6 Å². The van der Waals surface area contributed by atoms with Gasteiger partial charge in [0.25, 0.3) is 0 Å². The van der Waals surface area contributed by atoms with Crippen molar-refractivity contribution in [1.29, 1.82) is 0 Å². The number of allylic oxidation sites excluding steroid dienone is 3. The maximum absolute atomic E-state index is 11.3. The molecule has 3 nitrogen and oxygen atoms in total. The molecular weight excluding hydrogens is 164 g/mol. The van der Waals surface area contributed by atoms with Crippen LogP contribution in [0.3, 0.4) is 0 Å². The van der Waals surface area contributed by atoms with E-state index in [4.69, 9.17) is 0 Å².